The van der Waals surface area contributed by atoms with E-state index in [4.69, 9.17) is 13.6 Å². The number of hydrogen-bond donors (Lipinski definition) is 1. The number of carbonyl (C=O) groups is 2. The Morgan fingerprint density at radius 1 is 1.19 bits per heavy atom. The van der Waals surface area contributed by atoms with Crippen LogP contribution in [0.1, 0.15) is 53.5 Å². The van der Waals surface area contributed by atoms with Crippen molar-refractivity contribution < 1.29 is 36.3 Å². The van der Waals surface area contributed by atoms with E-state index in [0.29, 0.717) is 6.42 Å². The fraction of sp³-hybridized carbons (Fsp3) is 0.391. The van der Waals surface area contributed by atoms with Crippen molar-refractivity contribution in [2.24, 2.45) is 0 Å². The number of alkyl carbamates (subject to hydrolysis) is 1. The Hall–Kier alpha value is -3.23. The molecule has 0 saturated carbocycles. The summed E-state index contributed by atoms with van der Waals surface area (Å²) in [4.78, 5) is 26.4. The van der Waals surface area contributed by atoms with Gasteiger partial charge in [0.2, 0.25) is 0 Å². The number of nitrogens with zero attached hydrogens (tertiary/aromatic N) is 1. The molecule has 1 heterocycles. The number of rotatable bonds is 5. The average Bonchev–Trinajstić information content (AvgIpc) is 2.80. The van der Waals surface area contributed by atoms with Crippen LogP contribution in [-0.4, -0.2) is 24.8 Å². The van der Waals surface area contributed by atoms with Gasteiger partial charge < -0.3 is 14.8 Å². The van der Waals surface area contributed by atoms with E-state index in [-0.39, 0.29) is 24.3 Å². The lowest BCUT2D eigenvalue weighted by Gasteiger charge is -2.40. The molecule has 0 aliphatic carbocycles. The number of anilines is 1. The first-order valence-corrected chi connectivity index (χ1v) is 10.0. The minimum atomic E-state index is -4.65. The number of halogens is 3. The van der Waals surface area contributed by atoms with Gasteiger partial charge in [-0.05, 0) is 49.0 Å². The van der Waals surface area contributed by atoms with Crippen LogP contribution in [-0.2, 0) is 22.3 Å². The van der Waals surface area contributed by atoms with E-state index in [0.717, 1.165) is 28.7 Å². The molecule has 1 N–H and O–H groups in total. The quantitative estimate of drug-likeness (QED) is 0.620. The number of carbonyl (C=O) groups excluding carboxylic acids is 2. The second-order valence-electron chi connectivity index (χ2n) is 7.25. The van der Waals surface area contributed by atoms with Gasteiger partial charge in [0.25, 0.3) is 0 Å². The minimum Gasteiger partial charge on any atom is -0.449 e. The van der Waals surface area contributed by atoms with Gasteiger partial charge in [-0.3, -0.25) is 4.90 Å². The number of alkyl halides is 3. The topological polar surface area (TPSA) is 67.9 Å². The van der Waals surface area contributed by atoms with E-state index in [1.807, 2.05) is 0 Å². The monoisotopic (exact) mass is 453 g/mol. The van der Waals surface area contributed by atoms with E-state index in [1.165, 1.54) is 0 Å². The van der Waals surface area contributed by atoms with Gasteiger partial charge in [-0.15, -0.1) is 0 Å². The molecule has 0 aromatic heterocycles. The molecule has 0 unspecified atom stereocenters. The van der Waals surface area contributed by atoms with Crippen LogP contribution in [0.3, 0.4) is 0 Å². The molecule has 172 valence electrons. The van der Waals surface area contributed by atoms with Crippen LogP contribution < -0.4 is 10.2 Å². The molecule has 2 amide bonds. The summed E-state index contributed by atoms with van der Waals surface area (Å²) in [5.41, 5.74) is -0.0702. The van der Waals surface area contributed by atoms with Gasteiger partial charge in [0.1, 0.15) is 6.61 Å². The molecule has 9 heteroatoms. The van der Waals surface area contributed by atoms with Crippen LogP contribution in [0.2, 0.25) is 0 Å². The van der Waals surface area contributed by atoms with Gasteiger partial charge in [-0.1, -0.05) is 37.3 Å². The number of ether oxygens (including phenoxy) is 2. The van der Waals surface area contributed by atoms with Crippen molar-refractivity contribution in [2.75, 3.05) is 11.5 Å². The normalized spacial score (nSPS) is 19.8. The zero-order chi connectivity index (χ0) is 25.8. The number of fused-ring (bicyclic) bond motifs is 1. The predicted molar refractivity (Wildman–Crippen MR) is 112 cm³/mol. The van der Waals surface area contributed by atoms with E-state index in [2.05, 4.69) is 5.32 Å². The highest BCUT2D eigenvalue weighted by Crippen LogP contribution is 2.42. The van der Waals surface area contributed by atoms with Gasteiger partial charge in [-0.25, -0.2) is 9.59 Å². The lowest BCUT2D eigenvalue weighted by molar-refractivity contribution is -0.137. The van der Waals surface area contributed by atoms with E-state index >= 15 is 0 Å². The standard InChI is InChI=1S/C23H25F3N2O4/c1-3-17-13-19(27-21(29)32-14-15-8-6-5-7-9-15)18-12-16(23(24,25)26)10-11-20(18)28(17)22(30)31-4-2/h5-12,17,19H,3-4,13-14H2,1-2H3,(H,27,29)/t17-,19+/m1/s1/i2D3. The third kappa shape index (κ3) is 5.33. The van der Waals surface area contributed by atoms with E-state index in [1.54, 1.807) is 37.3 Å². The lowest BCUT2D eigenvalue weighted by atomic mass is 9.89. The number of amides is 2. The first-order valence-electron chi connectivity index (χ1n) is 11.5. The third-order valence-corrected chi connectivity index (χ3v) is 5.23. The molecule has 1 aliphatic heterocycles. The minimum absolute atomic E-state index is 0.0282. The largest absolute Gasteiger partial charge is 0.449 e. The Morgan fingerprint density at radius 2 is 1.94 bits per heavy atom. The van der Waals surface area contributed by atoms with Gasteiger partial charge in [0.05, 0.1) is 23.9 Å². The highest BCUT2D eigenvalue weighted by molar-refractivity contribution is 5.90. The summed E-state index contributed by atoms with van der Waals surface area (Å²) in [6, 6.07) is 10.2. The van der Waals surface area contributed by atoms with Gasteiger partial charge >= 0.3 is 18.4 Å². The molecule has 32 heavy (non-hydrogen) atoms. The molecule has 0 fully saturated rings. The molecule has 1 aliphatic rings. The van der Waals surface area contributed by atoms with Crippen LogP contribution in [0, 0.1) is 0 Å². The molecule has 2 atom stereocenters. The van der Waals surface area contributed by atoms with Crippen molar-refractivity contribution >= 4 is 17.9 Å². The fourth-order valence-corrected chi connectivity index (χ4v) is 3.70. The van der Waals surface area contributed by atoms with Crippen molar-refractivity contribution in [1.29, 1.82) is 0 Å². The first-order chi connectivity index (χ1) is 16.4. The fourth-order valence-electron chi connectivity index (χ4n) is 3.70. The predicted octanol–water partition coefficient (Wildman–Crippen LogP) is 5.82. The maximum Gasteiger partial charge on any atom is 0.416 e. The summed E-state index contributed by atoms with van der Waals surface area (Å²) in [5, 5.41) is 2.61. The molecular formula is C23H25F3N2O4. The molecule has 0 radical (unpaired) electrons. The summed E-state index contributed by atoms with van der Waals surface area (Å²) >= 11 is 0. The average molecular weight is 453 g/mol. The summed E-state index contributed by atoms with van der Waals surface area (Å²) in [6.45, 7) is -1.64. The Morgan fingerprint density at radius 3 is 2.59 bits per heavy atom. The smallest absolute Gasteiger partial charge is 0.416 e. The van der Waals surface area contributed by atoms with Crippen molar-refractivity contribution in [3.05, 3.63) is 65.2 Å². The Balaban J connectivity index is 1.88. The van der Waals surface area contributed by atoms with Gasteiger partial charge in [0, 0.05) is 10.2 Å². The lowest BCUT2D eigenvalue weighted by Crippen LogP contribution is -2.47. The molecule has 2 aromatic rings. The summed E-state index contributed by atoms with van der Waals surface area (Å²) in [5.74, 6) is 0. The van der Waals surface area contributed by atoms with Crippen LogP contribution in [0.15, 0.2) is 48.5 Å². The zero-order valence-electron chi connectivity index (χ0n) is 20.3. The maximum absolute atomic E-state index is 13.4. The Bertz CT molecular complexity index is 1050. The molecule has 0 saturated heterocycles. The molecule has 3 rings (SSSR count). The van der Waals surface area contributed by atoms with Crippen LogP contribution in [0.4, 0.5) is 28.4 Å². The van der Waals surface area contributed by atoms with E-state index in [9.17, 15) is 22.8 Å². The SMILES string of the molecule is [2H]C([2H])([2H])COC(=O)N1c2ccc(C(F)(F)F)cc2[C@@H](NC(=O)OCc2ccccc2)C[C@H]1CC. The molecule has 0 bridgehead atoms. The highest BCUT2D eigenvalue weighted by atomic mass is 19.4. The van der Waals surface area contributed by atoms with Crippen LogP contribution >= 0.6 is 0 Å². The highest BCUT2D eigenvalue weighted by Gasteiger charge is 2.39. The molecule has 2 aromatic carbocycles. The van der Waals surface area contributed by atoms with Crippen LogP contribution in [0.5, 0.6) is 0 Å². The summed E-state index contributed by atoms with van der Waals surface area (Å²) in [6.07, 6.45) is -6.01. The zero-order valence-corrected chi connectivity index (χ0v) is 17.3. The molecule has 6 nitrogen and oxygen atoms in total. The molecular weight excluding hydrogens is 425 g/mol. The van der Waals surface area contributed by atoms with Crippen molar-refractivity contribution in [1.82, 2.24) is 5.32 Å². The van der Waals surface area contributed by atoms with E-state index < -0.39 is 49.5 Å². The molecule has 0 spiro atoms. The second-order valence-corrected chi connectivity index (χ2v) is 7.25. The van der Waals surface area contributed by atoms with Crippen LogP contribution in [0.25, 0.3) is 0 Å². The van der Waals surface area contributed by atoms with Gasteiger partial charge in [-0.2, -0.15) is 13.2 Å². The van der Waals surface area contributed by atoms with Crippen molar-refractivity contribution in [2.45, 2.75) is 51.5 Å². The maximum atomic E-state index is 13.4. The Kier molecular flexibility index (Phi) is 6.04. The van der Waals surface area contributed by atoms with Crippen molar-refractivity contribution in [3.63, 3.8) is 0 Å². The third-order valence-electron chi connectivity index (χ3n) is 5.23. The second kappa shape index (κ2) is 9.93. The number of benzene rings is 2. The van der Waals surface area contributed by atoms with Gasteiger partial charge in [0.15, 0.2) is 0 Å². The summed E-state index contributed by atoms with van der Waals surface area (Å²) < 4.78 is 72.1. The summed E-state index contributed by atoms with van der Waals surface area (Å²) in [7, 11) is 0. The number of nitrogens with one attached hydrogen (secondary N) is 1. The Labute approximate surface area is 188 Å². The van der Waals surface area contributed by atoms with Crippen molar-refractivity contribution in [3.8, 4) is 0 Å². The first kappa shape index (κ1) is 19.5. The number of hydrogen-bond acceptors (Lipinski definition) is 4.